The lowest BCUT2D eigenvalue weighted by atomic mass is 9.84. The number of ether oxygens (including phenoxy) is 1. The fourth-order valence-electron chi connectivity index (χ4n) is 1.82. The molecule has 0 aliphatic heterocycles. The zero-order valence-corrected chi connectivity index (χ0v) is 12.0. The lowest BCUT2D eigenvalue weighted by molar-refractivity contribution is 0.0146. The maximum absolute atomic E-state index is 11.0. The predicted octanol–water partition coefficient (Wildman–Crippen LogP) is 3.88. The Morgan fingerprint density at radius 3 is 2.41 bits per heavy atom. The highest BCUT2D eigenvalue weighted by molar-refractivity contribution is 9.10. The normalized spacial score (nSPS) is 13.5. The molecule has 4 heteroatoms. The number of aromatic carboxylic acids is 1. The largest absolute Gasteiger partial charge is 0.478 e. The molecule has 1 aromatic carbocycles. The van der Waals surface area contributed by atoms with Crippen LogP contribution in [0.25, 0.3) is 0 Å². The molecule has 0 saturated carbocycles. The summed E-state index contributed by atoms with van der Waals surface area (Å²) in [6.07, 6.45) is -0.156. The summed E-state index contributed by atoms with van der Waals surface area (Å²) in [5.41, 5.74) is 1.03. The first kappa shape index (κ1) is 14.2. The van der Waals surface area contributed by atoms with Gasteiger partial charge in [0.25, 0.3) is 0 Å². The summed E-state index contributed by atoms with van der Waals surface area (Å²) < 4.78 is 6.36. The molecule has 0 amide bonds. The van der Waals surface area contributed by atoms with Gasteiger partial charge in [-0.3, -0.25) is 0 Å². The van der Waals surface area contributed by atoms with Crippen LogP contribution in [0.5, 0.6) is 0 Å². The zero-order valence-electron chi connectivity index (χ0n) is 10.5. The van der Waals surface area contributed by atoms with Crippen LogP contribution >= 0.6 is 15.9 Å². The number of halogens is 1. The summed E-state index contributed by atoms with van der Waals surface area (Å²) in [6, 6.07) is 4.98. The molecule has 1 atom stereocenters. The molecular weight excluding hydrogens is 284 g/mol. The minimum absolute atomic E-state index is 0.103. The van der Waals surface area contributed by atoms with E-state index in [-0.39, 0.29) is 17.1 Å². The smallest absolute Gasteiger partial charge is 0.335 e. The molecular formula is C13H17BrO3. The van der Waals surface area contributed by atoms with E-state index in [0.29, 0.717) is 0 Å². The van der Waals surface area contributed by atoms with Crippen LogP contribution in [0.3, 0.4) is 0 Å². The Balaban J connectivity index is 3.28. The van der Waals surface area contributed by atoms with Crippen molar-refractivity contribution < 1.29 is 14.6 Å². The van der Waals surface area contributed by atoms with Crippen LogP contribution in [0.2, 0.25) is 0 Å². The summed E-state index contributed by atoms with van der Waals surface area (Å²) in [5, 5.41) is 9.00. The lowest BCUT2D eigenvalue weighted by Crippen LogP contribution is -2.21. The minimum Gasteiger partial charge on any atom is -0.478 e. The fraction of sp³-hybridized carbons (Fsp3) is 0.462. The van der Waals surface area contributed by atoms with E-state index in [1.165, 1.54) is 0 Å². The molecule has 0 radical (unpaired) electrons. The Labute approximate surface area is 110 Å². The summed E-state index contributed by atoms with van der Waals surface area (Å²) in [7, 11) is 1.63. The fourth-order valence-corrected chi connectivity index (χ4v) is 2.28. The zero-order chi connectivity index (χ0) is 13.2. The summed E-state index contributed by atoms with van der Waals surface area (Å²) in [5.74, 6) is -0.928. The van der Waals surface area contributed by atoms with E-state index in [2.05, 4.69) is 36.7 Å². The number of carboxylic acids is 1. The van der Waals surface area contributed by atoms with Gasteiger partial charge in [-0.1, -0.05) is 36.7 Å². The van der Waals surface area contributed by atoms with E-state index in [4.69, 9.17) is 9.84 Å². The first-order valence-corrected chi connectivity index (χ1v) is 6.12. The molecule has 1 N–H and O–H groups in total. The molecule has 17 heavy (non-hydrogen) atoms. The molecule has 0 aromatic heterocycles. The molecule has 1 unspecified atom stereocenters. The Morgan fingerprint density at radius 1 is 1.41 bits per heavy atom. The van der Waals surface area contributed by atoms with Crippen molar-refractivity contribution in [3.63, 3.8) is 0 Å². The second-order valence-corrected chi connectivity index (χ2v) is 5.88. The van der Waals surface area contributed by atoms with Crippen molar-refractivity contribution in [1.82, 2.24) is 0 Å². The van der Waals surface area contributed by atoms with Crippen molar-refractivity contribution in [2.75, 3.05) is 7.11 Å². The molecule has 0 bridgehead atoms. The number of methoxy groups -OCH3 is 1. The standard InChI is InChI=1S/C13H17BrO3/c1-13(2,3)11(17-4)9-7-8(12(15)16)5-6-10(9)14/h5-7,11H,1-4H3,(H,15,16). The molecule has 0 spiro atoms. The molecule has 0 heterocycles. The quantitative estimate of drug-likeness (QED) is 0.921. The first-order chi connectivity index (χ1) is 7.77. The van der Waals surface area contributed by atoms with Gasteiger partial charge < -0.3 is 9.84 Å². The van der Waals surface area contributed by atoms with Crippen molar-refractivity contribution in [2.24, 2.45) is 5.41 Å². The Kier molecular flexibility index (Phi) is 4.33. The van der Waals surface area contributed by atoms with Crippen LogP contribution in [0.4, 0.5) is 0 Å². The van der Waals surface area contributed by atoms with E-state index in [0.717, 1.165) is 10.0 Å². The number of carboxylic acid groups (broad SMARTS) is 1. The van der Waals surface area contributed by atoms with Gasteiger partial charge in [-0.15, -0.1) is 0 Å². The van der Waals surface area contributed by atoms with Crippen molar-refractivity contribution in [3.05, 3.63) is 33.8 Å². The third kappa shape index (κ3) is 3.30. The van der Waals surface area contributed by atoms with E-state index in [1.807, 2.05) is 0 Å². The monoisotopic (exact) mass is 300 g/mol. The van der Waals surface area contributed by atoms with Gasteiger partial charge in [-0.05, 0) is 29.2 Å². The summed E-state index contributed by atoms with van der Waals surface area (Å²) in [4.78, 5) is 11.0. The number of benzene rings is 1. The number of hydrogen-bond acceptors (Lipinski definition) is 2. The highest BCUT2D eigenvalue weighted by Gasteiger charge is 2.28. The van der Waals surface area contributed by atoms with Gasteiger partial charge in [0.15, 0.2) is 0 Å². The molecule has 0 saturated heterocycles. The van der Waals surface area contributed by atoms with Crippen LogP contribution in [0.1, 0.15) is 42.8 Å². The van der Waals surface area contributed by atoms with Crippen LogP contribution in [-0.4, -0.2) is 18.2 Å². The van der Waals surface area contributed by atoms with Gasteiger partial charge in [0, 0.05) is 11.6 Å². The van der Waals surface area contributed by atoms with Crippen LogP contribution in [-0.2, 0) is 4.74 Å². The van der Waals surface area contributed by atoms with E-state index >= 15 is 0 Å². The van der Waals surface area contributed by atoms with Crippen LogP contribution < -0.4 is 0 Å². The molecule has 0 aliphatic rings. The Bertz CT molecular complexity index is 421. The Morgan fingerprint density at radius 2 is 2.00 bits per heavy atom. The Hall–Kier alpha value is -0.870. The molecule has 1 aromatic rings. The lowest BCUT2D eigenvalue weighted by Gasteiger charge is -2.30. The van der Waals surface area contributed by atoms with Crippen molar-refractivity contribution in [2.45, 2.75) is 26.9 Å². The molecule has 0 fully saturated rings. The third-order valence-electron chi connectivity index (χ3n) is 2.55. The average molecular weight is 301 g/mol. The molecule has 94 valence electrons. The number of rotatable bonds is 3. The number of carbonyl (C=O) groups is 1. The van der Waals surface area contributed by atoms with Gasteiger partial charge in [-0.2, -0.15) is 0 Å². The van der Waals surface area contributed by atoms with Gasteiger partial charge in [0.2, 0.25) is 0 Å². The predicted molar refractivity (Wildman–Crippen MR) is 70.3 cm³/mol. The van der Waals surface area contributed by atoms with E-state index < -0.39 is 5.97 Å². The van der Waals surface area contributed by atoms with Gasteiger partial charge in [-0.25, -0.2) is 4.79 Å². The molecule has 1 rings (SSSR count). The minimum atomic E-state index is -0.928. The van der Waals surface area contributed by atoms with E-state index in [1.54, 1.807) is 25.3 Å². The van der Waals surface area contributed by atoms with E-state index in [9.17, 15) is 4.79 Å². The number of hydrogen-bond donors (Lipinski definition) is 1. The summed E-state index contributed by atoms with van der Waals surface area (Å²) in [6.45, 7) is 6.17. The highest BCUT2D eigenvalue weighted by atomic mass is 79.9. The highest BCUT2D eigenvalue weighted by Crippen LogP contribution is 2.39. The van der Waals surface area contributed by atoms with Crippen LogP contribution in [0.15, 0.2) is 22.7 Å². The SMILES string of the molecule is COC(c1cc(C(=O)O)ccc1Br)C(C)(C)C. The van der Waals surface area contributed by atoms with Crippen molar-refractivity contribution in [3.8, 4) is 0 Å². The van der Waals surface area contributed by atoms with Crippen LogP contribution in [0, 0.1) is 5.41 Å². The third-order valence-corrected chi connectivity index (χ3v) is 3.27. The first-order valence-electron chi connectivity index (χ1n) is 5.33. The van der Waals surface area contributed by atoms with Crippen molar-refractivity contribution in [1.29, 1.82) is 0 Å². The molecule has 0 aliphatic carbocycles. The summed E-state index contributed by atoms with van der Waals surface area (Å²) >= 11 is 3.44. The topological polar surface area (TPSA) is 46.5 Å². The second kappa shape index (κ2) is 5.19. The average Bonchev–Trinajstić information content (AvgIpc) is 2.19. The van der Waals surface area contributed by atoms with Gasteiger partial charge in [0.1, 0.15) is 0 Å². The molecule has 3 nitrogen and oxygen atoms in total. The van der Waals surface area contributed by atoms with Gasteiger partial charge >= 0.3 is 5.97 Å². The van der Waals surface area contributed by atoms with Gasteiger partial charge in [0.05, 0.1) is 11.7 Å². The maximum atomic E-state index is 11.0. The van der Waals surface area contributed by atoms with Crippen molar-refractivity contribution >= 4 is 21.9 Å². The second-order valence-electron chi connectivity index (χ2n) is 5.02. The maximum Gasteiger partial charge on any atom is 0.335 e.